The number of hydrogen-bond donors (Lipinski definition) is 1. The van der Waals surface area contributed by atoms with Crippen molar-refractivity contribution in [3.63, 3.8) is 0 Å². The van der Waals surface area contributed by atoms with Crippen LogP contribution in [0.3, 0.4) is 0 Å². The lowest BCUT2D eigenvalue weighted by atomic mass is 10.2. The fourth-order valence-electron chi connectivity index (χ4n) is 1.20. The molecule has 0 aliphatic heterocycles. The number of hydrogen-bond acceptors (Lipinski definition) is 3. The molecule has 1 atom stereocenters. The van der Waals surface area contributed by atoms with E-state index >= 15 is 0 Å². The van der Waals surface area contributed by atoms with Crippen LogP contribution in [-0.4, -0.2) is 11.1 Å². The standard InChI is InChI=1S/C9H12N2O2/c1-6(8-4-5-13-11-8)10-9(12)7-2-3-7/h4-7H,2-3H2,1H3,(H,10,12). The van der Waals surface area contributed by atoms with E-state index in [1.807, 2.05) is 6.92 Å². The third kappa shape index (κ3) is 1.88. The highest BCUT2D eigenvalue weighted by atomic mass is 16.5. The predicted octanol–water partition coefficient (Wildman–Crippen LogP) is 1.26. The predicted molar refractivity (Wildman–Crippen MR) is 45.8 cm³/mol. The van der Waals surface area contributed by atoms with E-state index in [1.54, 1.807) is 6.07 Å². The molecule has 1 N–H and O–H groups in total. The Morgan fingerprint density at radius 1 is 1.77 bits per heavy atom. The third-order valence-electron chi connectivity index (χ3n) is 2.21. The van der Waals surface area contributed by atoms with Crippen molar-refractivity contribution in [3.05, 3.63) is 18.0 Å². The molecule has 0 radical (unpaired) electrons. The van der Waals surface area contributed by atoms with Gasteiger partial charge in [-0.1, -0.05) is 5.16 Å². The molecule has 0 bridgehead atoms. The molecule has 1 unspecified atom stereocenters. The first-order chi connectivity index (χ1) is 6.27. The Kier molecular flexibility index (Phi) is 2.04. The van der Waals surface area contributed by atoms with Crippen LogP contribution in [0.4, 0.5) is 0 Å². The number of carbonyl (C=O) groups is 1. The summed E-state index contributed by atoms with van der Waals surface area (Å²) in [6, 6.07) is 1.71. The van der Waals surface area contributed by atoms with Crippen molar-refractivity contribution >= 4 is 5.91 Å². The average Bonchev–Trinajstić information content (AvgIpc) is 2.81. The van der Waals surface area contributed by atoms with Crippen molar-refractivity contribution in [3.8, 4) is 0 Å². The van der Waals surface area contributed by atoms with Gasteiger partial charge in [-0.25, -0.2) is 0 Å². The molecular formula is C9H12N2O2. The van der Waals surface area contributed by atoms with Gasteiger partial charge in [0.25, 0.3) is 0 Å². The Bertz CT molecular complexity index is 291. The number of nitrogens with zero attached hydrogens (tertiary/aromatic N) is 1. The van der Waals surface area contributed by atoms with Gasteiger partial charge in [0.05, 0.1) is 6.04 Å². The first-order valence-electron chi connectivity index (χ1n) is 4.48. The minimum Gasteiger partial charge on any atom is -0.364 e. The van der Waals surface area contributed by atoms with E-state index in [0.29, 0.717) is 0 Å². The van der Waals surface area contributed by atoms with Crippen LogP contribution in [0.1, 0.15) is 31.5 Å². The maximum atomic E-state index is 11.3. The van der Waals surface area contributed by atoms with Gasteiger partial charge < -0.3 is 9.84 Å². The molecule has 0 saturated heterocycles. The number of amides is 1. The van der Waals surface area contributed by atoms with Gasteiger partial charge in [0.2, 0.25) is 5.91 Å². The second-order valence-corrected chi connectivity index (χ2v) is 3.43. The number of nitrogens with one attached hydrogen (secondary N) is 1. The highest BCUT2D eigenvalue weighted by Gasteiger charge is 2.30. The molecule has 1 aromatic heterocycles. The summed E-state index contributed by atoms with van der Waals surface area (Å²) in [6.45, 7) is 1.90. The normalized spacial score (nSPS) is 18.2. The fourth-order valence-corrected chi connectivity index (χ4v) is 1.20. The van der Waals surface area contributed by atoms with E-state index in [-0.39, 0.29) is 17.9 Å². The average molecular weight is 180 g/mol. The number of carbonyl (C=O) groups excluding carboxylic acids is 1. The van der Waals surface area contributed by atoms with Gasteiger partial charge in [-0.2, -0.15) is 0 Å². The molecule has 1 aliphatic rings. The molecule has 70 valence electrons. The van der Waals surface area contributed by atoms with Crippen LogP contribution in [0, 0.1) is 5.92 Å². The van der Waals surface area contributed by atoms with E-state index in [2.05, 4.69) is 10.5 Å². The Morgan fingerprint density at radius 2 is 2.54 bits per heavy atom. The summed E-state index contributed by atoms with van der Waals surface area (Å²) in [6.07, 6.45) is 3.56. The Morgan fingerprint density at radius 3 is 3.08 bits per heavy atom. The van der Waals surface area contributed by atoms with E-state index in [0.717, 1.165) is 18.5 Å². The molecule has 0 spiro atoms. The van der Waals surface area contributed by atoms with Gasteiger partial charge in [-0.3, -0.25) is 4.79 Å². The summed E-state index contributed by atoms with van der Waals surface area (Å²) >= 11 is 0. The molecule has 13 heavy (non-hydrogen) atoms. The van der Waals surface area contributed by atoms with Gasteiger partial charge >= 0.3 is 0 Å². The monoisotopic (exact) mass is 180 g/mol. The van der Waals surface area contributed by atoms with Crippen LogP contribution in [-0.2, 0) is 4.79 Å². The van der Waals surface area contributed by atoms with Crippen molar-refractivity contribution in [1.82, 2.24) is 10.5 Å². The van der Waals surface area contributed by atoms with Crippen molar-refractivity contribution in [1.29, 1.82) is 0 Å². The Balaban J connectivity index is 1.90. The second-order valence-electron chi connectivity index (χ2n) is 3.43. The Labute approximate surface area is 76.3 Å². The van der Waals surface area contributed by atoms with E-state index in [1.165, 1.54) is 6.26 Å². The molecule has 1 amide bonds. The number of rotatable bonds is 3. The largest absolute Gasteiger partial charge is 0.364 e. The minimum absolute atomic E-state index is 0.0492. The van der Waals surface area contributed by atoms with Crippen LogP contribution in [0.2, 0.25) is 0 Å². The molecule has 1 aliphatic carbocycles. The van der Waals surface area contributed by atoms with Gasteiger partial charge in [-0.05, 0) is 19.8 Å². The molecule has 1 saturated carbocycles. The molecule has 1 heterocycles. The first-order valence-corrected chi connectivity index (χ1v) is 4.48. The van der Waals surface area contributed by atoms with Gasteiger partial charge in [0.1, 0.15) is 12.0 Å². The van der Waals surface area contributed by atoms with Gasteiger partial charge in [-0.15, -0.1) is 0 Å². The van der Waals surface area contributed by atoms with Crippen molar-refractivity contribution in [2.45, 2.75) is 25.8 Å². The molecule has 4 nitrogen and oxygen atoms in total. The molecule has 4 heteroatoms. The summed E-state index contributed by atoms with van der Waals surface area (Å²) < 4.78 is 4.69. The maximum absolute atomic E-state index is 11.3. The summed E-state index contributed by atoms with van der Waals surface area (Å²) in [7, 11) is 0. The zero-order chi connectivity index (χ0) is 9.26. The van der Waals surface area contributed by atoms with E-state index < -0.39 is 0 Å². The van der Waals surface area contributed by atoms with Gasteiger partial charge in [0.15, 0.2) is 0 Å². The summed E-state index contributed by atoms with van der Waals surface area (Å²) in [4.78, 5) is 11.3. The topological polar surface area (TPSA) is 55.1 Å². The van der Waals surface area contributed by atoms with Crippen LogP contribution < -0.4 is 5.32 Å². The highest BCUT2D eigenvalue weighted by Crippen LogP contribution is 2.29. The quantitative estimate of drug-likeness (QED) is 0.761. The fraction of sp³-hybridized carbons (Fsp3) is 0.556. The summed E-state index contributed by atoms with van der Waals surface area (Å²) in [5.41, 5.74) is 0.772. The lowest BCUT2D eigenvalue weighted by Crippen LogP contribution is -2.27. The maximum Gasteiger partial charge on any atom is 0.223 e. The highest BCUT2D eigenvalue weighted by molar-refractivity contribution is 5.81. The van der Waals surface area contributed by atoms with Gasteiger partial charge in [0, 0.05) is 12.0 Å². The Hall–Kier alpha value is -1.32. The van der Waals surface area contributed by atoms with E-state index in [4.69, 9.17) is 4.52 Å². The van der Waals surface area contributed by atoms with E-state index in [9.17, 15) is 4.79 Å². The minimum atomic E-state index is -0.0492. The zero-order valence-electron chi connectivity index (χ0n) is 7.49. The van der Waals surface area contributed by atoms with Crippen molar-refractivity contribution < 1.29 is 9.32 Å². The number of aromatic nitrogens is 1. The van der Waals surface area contributed by atoms with Crippen LogP contribution in [0.15, 0.2) is 16.9 Å². The molecule has 2 rings (SSSR count). The lowest BCUT2D eigenvalue weighted by Gasteiger charge is -2.09. The SMILES string of the molecule is CC(NC(=O)C1CC1)c1ccon1. The zero-order valence-corrected chi connectivity index (χ0v) is 7.49. The lowest BCUT2D eigenvalue weighted by molar-refractivity contribution is -0.122. The van der Waals surface area contributed by atoms with Crippen molar-refractivity contribution in [2.75, 3.05) is 0 Å². The molecule has 0 aromatic carbocycles. The van der Waals surface area contributed by atoms with Crippen LogP contribution in [0.25, 0.3) is 0 Å². The van der Waals surface area contributed by atoms with Crippen LogP contribution in [0.5, 0.6) is 0 Å². The second kappa shape index (κ2) is 3.20. The molecule has 1 fully saturated rings. The summed E-state index contributed by atoms with van der Waals surface area (Å²) in [5, 5.41) is 6.64. The molecular weight excluding hydrogens is 168 g/mol. The van der Waals surface area contributed by atoms with Crippen molar-refractivity contribution in [2.24, 2.45) is 5.92 Å². The summed E-state index contributed by atoms with van der Waals surface area (Å²) in [5.74, 6) is 0.379. The first kappa shape index (κ1) is 8.29. The third-order valence-corrected chi connectivity index (χ3v) is 2.21. The smallest absolute Gasteiger partial charge is 0.223 e. The van der Waals surface area contributed by atoms with Crippen LogP contribution >= 0.6 is 0 Å². The molecule has 1 aromatic rings.